The maximum absolute atomic E-state index is 13.2. The number of hydrogen-bond donors (Lipinski definition) is 2. The first-order chi connectivity index (χ1) is 15.1. The number of aromatic nitrogens is 3. The van der Waals surface area contributed by atoms with Gasteiger partial charge in [0.2, 0.25) is 11.7 Å². The number of hydrogen-bond acceptors (Lipinski definition) is 4. The summed E-state index contributed by atoms with van der Waals surface area (Å²) in [4.78, 5) is 31.8. The summed E-state index contributed by atoms with van der Waals surface area (Å²) in [6, 6.07) is 18.5. The summed E-state index contributed by atoms with van der Waals surface area (Å²) in [5.41, 5.74) is 2.66. The molecule has 1 aromatic heterocycles. The van der Waals surface area contributed by atoms with Gasteiger partial charge in [0.05, 0.1) is 5.41 Å². The lowest BCUT2D eigenvalue weighted by Gasteiger charge is -2.41. The van der Waals surface area contributed by atoms with Crippen molar-refractivity contribution in [1.29, 1.82) is 0 Å². The molecule has 0 radical (unpaired) electrons. The molecule has 3 aromatic rings. The van der Waals surface area contributed by atoms with Gasteiger partial charge in [-0.05, 0) is 42.9 Å². The summed E-state index contributed by atoms with van der Waals surface area (Å²) >= 11 is 0. The third-order valence-corrected chi connectivity index (χ3v) is 5.88. The molecule has 1 unspecified atom stereocenters. The largest absolute Gasteiger partial charge is 0.356 e. The van der Waals surface area contributed by atoms with Crippen LogP contribution in [0.1, 0.15) is 35.9 Å². The standard InChI is InChI=1S/C24H27N5O2/c1-2-25-23(31)24(12-7-13-29(16-24)22(30)21-26-17-27-28-21)15-18-8-6-11-20(14-18)19-9-4-3-5-10-19/h3-6,8-11,14,17H,2,7,12-13,15-16H2,1H3,(H,25,31)(H,26,27,28). The summed E-state index contributed by atoms with van der Waals surface area (Å²) < 4.78 is 0. The van der Waals surface area contributed by atoms with Crippen LogP contribution >= 0.6 is 0 Å². The van der Waals surface area contributed by atoms with Crippen molar-refractivity contribution in [1.82, 2.24) is 25.4 Å². The van der Waals surface area contributed by atoms with E-state index in [2.05, 4.69) is 50.8 Å². The van der Waals surface area contributed by atoms with E-state index in [-0.39, 0.29) is 17.6 Å². The molecule has 0 saturated carbocycles. The number of aromatic amines is 1. The number of nitrogens with one attached hydrogen (secondary N) is 2. The number of nitrogens with zero attached hydrogens (tertiary/aromatic N) is 3. The van der Waals surface area contributed by atoms with Crippen LogP contribution in [0.2, 0.25) is 0 Å². The molecule has 160 valence electrons. The number of rotatable bonds is 6. The van der Waals surface area contributed by atoms with Crippen LogP contribution in [0.25, 0.3) is 11.1 Å². The Bertz CT molecular complexity index is 1040. The van der Waals surface area contributed by atoms with Crippen LogP contribution < -0.4 is 5.32 Å². The number of benzene rings is 2. The Kier molecular flexibility index (Phi) is 6.11. The van der Waals surface area contributed by atoms with Crippen molar-refractivity contribution in [2.45, 2.75) is 26.2 Å². The fraction of sp³-hybridized carbons (Fsp3) is 0.333. The summed E-state index contributed by atoms with van der Waals surface area (Å²) in [5.74, 6) is -0.0168. The van der Waals surface area contributed by atoms with Crippen LogP contribution in [0.15, 0.2) is 60.9 Å². The molecule has 1 aliphatic heterocycles. The van der Waals surface area contributed by atoms with Crippen LogP contribution in [-0.4, -0.2) is 51.5 Å². The zero-order chi connectivity index (χ0) is 21.7. The first-order valence-corrected chi connectivity index (χ1v) is 10.7. The Morgan fingerprint density at radius 2 is 1.94 bits per heavy atom. The van der Waals surface area contributed by atoms with Gasteiger partial charge >= 0.3 is 0 Å². The fourth-order valence-corrected chi connectivity index (χ4v) is 4.40. The van der Waals surface area contributed by atoms with E-state index in [4.69, 9.17) is 0 Å². The second kappa shape index (κ2) is 9.12. The SMILES string of the molecule is CCNC(=O)C1(Cc2cccc(-c3ccccc3)c2)CCCN(C(=O)c2ncn[nH]2)C1. The molecule has 1 aliphatic rings. The predicted octanol–water partition coefficient (Wildman–Crippen LogP) is 3.07. The molecule has 0 bridgehead atoms. The Morgan fingerprint density at radius 3 is 2.68 bits per heavy atom. The molecular formula is C24H27N5O2. The van der Waals surface area contributed by atoms with Crippen LogP contribution in [-0.2, 0) is 11.2 Å². The van der Waals surface area contributed by atoms with E-state index in [0.29, 0.717) is 26.1 Å². The van der Waals surface area contributed by atoms with E-state index in [1.165, 1.54) is 6.33 Å². The second-order valence-electron chi connectivity index (χ2n) is 8.05. The van der Waals surface area contributed by atoms with E-state index in [1.807, 2.05) is 31.2 Å². The Hall–Kier alpha value is -3.48. The van der Waals surface area contributed by atoms with Crippen molar-refractivity contribution in [3.05, 3.63) is 72.3 Å². The predicted molar refractivity (Wildman–Crippen MR) is 118 cm³/mol. The number of likely N-dealkylation sites (tertiary alicyclic amines) is 1. The second-order valence-corrected chi connectivity index (χ2v) is 8.05. The van der Waals surface area contributed by atoms with Crippen molar-refractivity contribution in [3.63, 3.8) is 0 Å². The minimum absolute atomic E-state index is 0.00446. The molecule has 4 rings (SSSR count). The Labute approximate surface area is 181 Å². The monoisotopic (exact) mass is 417 g/mol. The lowest BCUT2D eigenvalue weighted by Crippen LogP contribution is -2.54. The first-order valence-electron chi connectivity index (χ1n) is 10.7. The van der Waals surface area contributed by atoms with Crippen LogP contribution in [0.3, 0.4) is 0 Å². The summed E-state index contributed by atoms with van der Waals surface area (Å²) in [6.45, 7) is 3.43. The summed E-state index contributed by atoms with van der Waals surface area (Å²) in [6.07, 6.45) is 3.38. The third-order valence-electron chi connectivity index (χ3n) is 5.88. The Morgan fingerprint density at radius 1 is 1.13 bits per heavy atom. The summed E-state index contributed by atoms with van der Waals surface area (Å²) in [5, 5.41) is 9.42. The zero-order valence-electron chi connectivity index (χ0n) is 17.7. The lowest BCUT2D eigenvalue weighted by atomic mass is 9.74. The molecule has 1 fully saturated rings. The van der Waals surface area contributed by atoms with Crippen LogP contribution in [0, 0.1) is 5.41 Å². The van der Waals surface area contributed by atoms with E-state index in [1.54, 1.807) is 4.90 Å². The quantitative estimate of drug-likeness (QED) is 0.645. The number of carbonyl (C=O) groups excluding carboxylic acids is 2. The minimum atomic E-state index is -0.681. The molecule has 1 saturated heterocycles. The van der Waals surface area contributed by atoms with Gasteiger partial charge < -0.3 is 10.2 Å². The number of carbonyl (C=O) groups is 2. The van der Waals surface area contributed by atoms with E-state index >= 15 is 0 Å². The van der Waals surface area contributed by atoms with Crippen molar-refractivity contribution in [2.24, 2.45) is 5.41 Å². The van der Waals surface area contributed by atoms with Gasteiger partial charge in [-0.3, -0.25) is 14.7 Å². The van der Waals surface area contributed by atoms with Gasteiger partial charge in [-0.15, -0.1) is 0 Å². The number of H-pyrrole nitrogens is 1. The first kappa shape index (κ1) is 20.8. The highest BCUT2D eigenvalue weighted by Gasteiger charge is 2.43. The highest BCUT2D eigenvalue weighted by Crippen LogP contribution is 2.35. The minimum Gasteiger partial charge on any atom is -0.356 e. The topological polar surface area (TPSA) is 91.0 Å². The fourth-order valence-electron chi connectivity index (χ4n) is 4.40. The van der Waals surface area contributed by atoms with Gasteiger partial charge in [0.15, 0.2) is 0 Å². The van der Waals surface area contributed by atoms with E-state index < -0.39 is 5.41 Å². The molecule has 2 amide bonds. The van der Waals surface area contributed by atoms with Gasteiger partial charge in [0.1, 0.15) is 6.33 Å². The van der Waals surface area contributed by atoms with Gasteiger partial charge in [0.25, 0.3) is 5.91 Å². The molecule has 1 atom stereocenters. The van der Waals surface area contributed by atoms with Crippen molar-refractivity contribution >= 4 is 11.8 Å². The molecule has 0 aliphatic carbocycles. The maximum atomic E-state index is 13.2. The highest BCUT2D eigenvalue weighted by molar-refractivity contribution is 5.91. The molecule has 2 N–H and O–H groups in total. The molecular weight excluding hydrogens is 390 g/mol. The average molecular weight is 418 g/mol. The molecule has 0 spiro atoms. The molecule has 7 heteroatoms. The van der Waals surface area contributed by atoms with Gasteiger partial charge in [0, 0.05) is 19.6 Å². The average Bonchev–Trinajstić information content (AvgIpc) is 3.35. The number of amides is 2. The maximum Gasteiger partial charge on any atom is 0.291 e. The molecule has 31 heavy (non-hydrogen) atoms. The smallest absolute Gasteiger partial charge is 0.291 e. The molecule has 2 heterocycles. The van der Waals surface area contributed by atoms with Gasteiger partial charge in [-0.25, -0.2) is 4.98 Å². The normalized spacial score (nSPS) is 18.5. The van der Waals surface area contributed by atoms with Crippen LogP contribution in [0.5, 0.6) is 0 Å². The zero-order valence-corrected chi connectivity index (χ0v) is 17.7. The van der Waals surface area contributed by atoms with Crippen molar-refractivity contribution in [3.8, 4) is 11.1 Å². The van der Waals surface area contributed by atoms with E-state index in [0.717, 1.165) is 29.5 Å². The van der Waals surface area contributed by atoms with Crippen LogP contribution in [0.4, 0.5) is 0 Å². The van der Waals surface area contributed by atoms with Gasteiger partial charge in [-0.1, -0.05) is 54.6 Å². The number of piperidine rings is 1. The summed E-state index contributed by atoms with van der Waals surface area (Å²) in [7, 11) is 0. The highest BCUT2D eigenvalue weighted by atomic mass is 16.2. The van der Waals surface area contributed by atoms with Crippen molar-refractivity contribution in [2.75, 3.05) is 19.6 Å². The lowest BCUT2D eigenvalue weighted by molar-refractivity contribution is -0.133. The Balaban J connectivity index is 1.62. The van der Waals surface area contributed by atoms with E-state index in [9.17, 15) is 9.59 Å². The molecule has 2 aromatic carbocycles. The third kappa shape index (κ3) is 4.50. The van der Waals surface area contributed by atoms with Gasteiger partial charge in [-0.2, -0.15) is 5.10 Å². The molecule has 7 nitrogen and oxygen atoms in total. The van der Waals surface area contributed by atoms with Crippen molar-refractivity contribution < 1.29 is 9.59 Å².